The van der Waals surface area contributed by atoms with Crippen LogP contribution in [0.25, 0.3) is 5.70 Å². The van der Waals surface area contributed by atoms with E-state index in [1.807, 2.05) is 36.4 Å². The van der Waals surface area contributed by atoms with Gasteiger partial charge in [0.2, 0.25) is 0 Å². The maximum atomic E-state index is 13.2. The van der Waals surface area contributed by atoms with Crippen LogP contribution in [-0.4, -0.2) is 25.3 Å². The molecule has 0 fully saturated rings. The van der Waals surface area contributed by atoms with E-state index < -0.39 is 12.0 Å². The predicted molar refractivity (Wildman–Crippen MR) is 131 cm³/mol. The number of hydrogen-bond donors (Lipinski definition) is 2. The van der Waals surface area contributed by atoms with Gasteiger partial charge in [-0.1, -0.05) is 48.5 Å². The van der Waals surface area contributed by atoms with Crippen molar-refractivity contribution in [2.24, 2.45) is 0 Å². The fourth-order valence-corrected chi connectivity index (χ4v) is 3.92. The minimum absolute atomic E-state index is 0.247. The lowest BCUT2D eigenvalue weighted by Gasteiger charge is -2.31. The smallest absolute Gasteiger partial charge is 0.338 e. The second kappa shape index (κ2) is 10.4. The average Bonchev–Trinajstić information content (AvgIpc) is 2.87. The summed E-state index contributed by atoms with van der Waals surface area (Å²) in [5, 5.41) is 6.64. The first kappa shape index (κ1) is 23.3. The third-order valence-electron chi connectivity index (χ3n) is 5.37. The number of nitrogens with one attached hydrogen (secondary N) is 2. The van der Waals surface area contributed by atoms with Crippen molar-refractivity contribution in [2.45, 2.75) is 12.6 Å². The Morgan fingerprint density at radius 2 is 1.74 bits per heavy atom. The van der Waals surface area contributed by atoms with Gasteiger partial charge < -0.3 is 24.8 Å². The summed E-state index contributed by atoms with van der Waals surface area (Å²) in [4.78, 5) is 12.9. The van der Waals surface area contributed by atoms with Gasteiger partial charge in [-0.2, -0.15) is 0 Å². The van der Waals surface area contributed by atoms with Gasteiger partial charge in [-0.3, -0.25) is 0 Å². The van der Waals surface area contributed by atoms with Crippen LogP contribution in [0, 0.1) is 5.82 Å². The molecule has 0 bridgehead atoms. The van der Waals surface area contributed by atoms with Gasteiger partial charge in [0.15, 0.2) is 16.6 Å². The lowest BCUT2D eigenvalue weighted by molar-refractivity contribution is -0.136. The molecule has 0 spiro atoms. The molecular formula is C26H23FN2O4S. The number of ether oxygens (including phenoxy) is 3. The van der Waals surface area contributed by atoms with Crippen LogP contribution in [0.3, 0.4) is 0 Å². The summed E-state index contributed by atoms with van der Waals surface area (Å²) in [6, 6.07) is 20.4. The van der Waals surface area contributed by atoms with E-state index >= 15 is 0 Å². The number of hydrogen-bond acceptors (Lipinski definition) is 5. The molecule has 34 heavy (non-hydrogen) atoms. The number of rotatable bonds is 7. The fourth-order valence-electron chi connectivity index (χ4n) is 3.70. The highest BCUT2D eigenvalue weighted by molar-refractivity contribution is 7.80. The monoisotopic (exact) mass is 478 g/mol. The van der Waals surface area contributed by atoms with Crippen molar-refractivity contribution in [1.82, 2.24) is 10.6 Å². The molecule has 2 N–H and O–H groups in total. The zero-order valence-corrected chi connectivity index (χ0v) is 19.4. The van der Waals surface area contributed by atoms with E-state index in [1.54, 1.807) is 24.3 Å². The van der Waals surface area contributed by atoms with Crippen molar-refractivity contribution in [1.29, 1.82) is 0 Å². The summed E-state index contributed by atoms with van der Waals surface area (Å²) in [6.07, 6.45) is 0. The summed E-state index contributed by atoms with van der Waals surface area (Å²) >= 11 is 5.44. The standard InChI is InChI=1S/C26H23FN2O4S/c1-31-21-14-18(10-13-20(21)33-15-16-8-11-19(27)12-9-16)24-22(25(30)32-2)23(28-26(34)29-24)17-6-4-3-5-7-17/h3-14,24H,15H2,1-2H3,(H2,28,29,34)/t24-/m1/s1. The van der Waals surface area contributed by atoms with E-state index in [4.69, 9.17) is 26.4 Å². The van der Waals surface area contributed by atoms with Gasteiger partial charge in [0, 0.05) is 0 Å². The molecule has 0 saturated heterocycles. The zero-order chi connectivity index (χ0) is 24.1. The Bertz CT molecular complexity index is 1230. The summed E-state index contributed by atoms with van der Waals surface area (Å²) in [7, 11) is 2.88. The SMILES string of the molecule is COC(=O)C1=C(c2ccccc2)NC(=S)N[C@@H]1c1ccc(OCc2ccc(F)cc2)c(OC)c1. The molecule has 1 aliphatic heterocycles. The van der Waals surface area contributed by atoms with Crippen LogP contribution < -0.4 is 20.1 Å². The maximum Gasteiger partial charge on any atom is 0.338 e. The third-order valence-corrected chi connectivity index (χ3v) is 5.59. The van der Waals surface area contributed by atoms with Gasteiger partial charge in [-0.05, 0) is 53.2 Å². The maximum absolute atomic E-state index is 13.2. The van der Waals surface area contributed by atoms with E-state index in [2.05, 4.69) is 10.6 Å². The molecule has 0 amide bonds. The molecule has 6 nitrogen and oxygen atoms in total. The minimum Gasteiger partial charge on any atom is -0.493 e. The number of methoxy groups -OCH3 is 2. The van der Waals surface area contributed by atoms with Crippen LogP contribution in [0.4, 0.5) is 4.39 Å². The van der Waals surface area contributed by atoms with Gasteiger partial charge in [0.05, 0.1) is 31.5 Å². The number of benzene rings is 3. The van der Waals surface area contributed by atoms with E-state index in [0.29, 0.717) is 27.9 Å². The number of carbonyl (C=O) groups excluding carboxylic acids is 1. The largest absolute Gasteiger partial charge is 0.493 e. The van der Waals surface area contributed by atoms with Gasteiger partial charge in [-0.25, -0.2) is 9.18 Å². The highest BCUT2D eigenvalue weighted by Crippen LogP contribution is 2.36. The van der Waals surface area contributed by atoms with Gasteiger partial charge in [0.1, 0.15) is 12.4 Å². The van der Waals surface area contributed by atoms with E-state index in [9.17, 15) is 9.18 Å². The number of halogens is 1. The summed E-state index contributed by atoms with van der Waals surface area (Å²) < 4.78 is 29.7. The molecule has 1 heterocycles. The molecular weight excluding hydrogens is 455 g/mol. The van der Waals surface area contributed by atoms with Crippen LogP contribution in [0.5, 0.6) is 11.5 Å². The molecule has 0 saturated carbocycles. The van der Waals surface area contributed by atoms with Crippen molar-refractivity contribution in [3.05, 3.63) is 101 Å². The molecule has 0 radical (unpaired) electrons. The van der Waals surface area contributed by atoms with Crippen molar-refractivity contribution in [3.63, 3.8) is 0 Å². The molecule has 4 rings (SSSR count). The lowest BCUT2D eigenvalue weighted by atomic mass is 9.92. The molecule has 1 aliphatic rings. The van der Waals surface area contributed by atoms with Crippen LogP contribution in [0.2, 0.25) is 0 Å². The Kier molecular flexibility index (Phi) is 7.08. The molecule has 3 aromatic carbocycles. The molecule has 174 valence electrons. The quantitative estimate of drug-likeness (QED) is 0.382. The van der Waals surface area contributed by atoms with Crippen molar-refractivity contribution in [3.8, 4) is 11.5 Å². The first-order valence-electron chi connectivity index (χ1n) is 10.5. The molecule has 0 unspecified atom stereocenters. The summed E-state index contributed by atoms with van der Waals surface area (Å²) in [6.45, 7) is 0.247. The number of carbonyl (C=O) groups is 1. The second-order valence-corrected chi connectivity index (χ2v) is 7.91. The Hall–Kier alpha value is -3.91. The molecule has 3 aromatic rings. The lowest BCUT2D eigenvalue weighted by Crippen LogP contribution is -2.45. The summed E-state index contributed by atoms with van der Waals surface area (Å²) in [5.74, 6) is 0.208. The van der Waals surface area contributed by atoms with E-state index in [1.165, 1.54) is 26.4 Å². The van der Waals surface area contributed by atoms with Crippen LogP contribution >= 0.6 is 12.2 Å². The third kappa shape index (κ3) is 5.02. The Morgan fingerprint density at radius 3 is 2.41 bits per heavy atom. The first-order valence-corrected chi connectivity index (χ1v) is 10.9. The van der Waals surface area contributed by atoms with E-state index in [-0.39, 0.29) is 12.4 Å². The van der Waals surface area contributed by atoms with Gasteiger partial charge in [0.25, 0.3) is 0 Å². The molecule has 0 aliphatic carbocycles. The molecule has 0 aromatic heterocycles. The Morgan fingerprint density at radius 1 is 1.00 bits per heavy atom. The van der Waals surface area contributed by atoms with Crippen molar-refractivity contribution < 1.29 is 23.4 Å². The number of esters is 1. The minimum atomic E-state index is -0.573. The zero-order valence-electron chi connectivity index (χ0n) is 18.6. The highest BCUT2D eigenvalue weighted by atomic mass is 32.1. The Balaban J connectivity index is 1.69. The van der Waals surface area contributed by atoms with Gasteiger partial charge >= 0.3 is 5.97 Å². The van der Waals surface area contributed by atoms with Crippen molar-refractivity contribution in [2.75, 3.05) is 14.2 Å². The fraction of sp³-hybridized carbons (Fsp3) is 0.154. The van der Waals surface area contributed by atoms with Crippen LogP contribution in [-0.2, 0) is 16.1 Å². The average molecular weight is 479 g/mol. The molecule has 1 atom stereocenters. The first-order chi connectivity index (χ1) is 16.5. The predicted octanol–water partition coefficient (Wildman–Crippen LogP) is 4.52. The van der Waals surface area contributed by atoms with Gasteiger partial charge in [-0.15, -0.1) is 0 Å². The van der Waals surface area contributed by atoms with Crippen LogP contribution in [0.1, 0.15) is 22.7 Å². The Labute approximate surface area is 202 Å². The molecule has 8 heteroatoms. The summed E-state index contributed by atoms with van der Waals surface area (Å²) in [5.41, 5.74) is 3.34. The van der Waals surface area contributed by atoms with Crippen LogP contribution in [0.15, 0.2) is 78.4 Å². The topological polar surface area (TPSA) is 68.8 Å². The number of thiocarbonyl (C=S) groups is 1. The second-order valence-electron chi connectivity index (χ2n) is 7.50. The van der Waals surface area contributed by atoms with E-state index in [0.717, 1.165) is 16.7 Å². The van der Waals surface area contributed by atoms with Crippen molar-refractivity contribution >= 4 is 29.0 Å². The highest BCUT2D eigenvalue weighted by Gasteiger charge is 2.33. The normalized spacial score (nSPS) is 15.3.